The van der Waals surface area contributed by atoms with E-state index in [0.717, 1.165) is 10.2 Å². The molecule has 0 saturated carbocycles. The van der Waals surface area contributed by atoms with Gasteiger partial charge in [0.2, 0.25) is 5.91 Å². The van der Waals surface area contributed by atoms with Crippen molar-refractivity contribution in [3.8, 4) is 0 Å². The second kappa shape index (κ2) is 6.40. The van der Waals surface area contributed by atoms with Gasteiger partial charge < -0.3 is 20.7 Å². The van der Waals surface area contributed by atoms with Crippen LogP contribution in [-0.2, 0) is 6.54 Å². The molecule has 0 aliphatic rings. The summed E-state index contributed by atoms with van der Waals surface area (Å²) in [6.07, 6.45) is 2.94. The summed E-state index contributed by atoms with van der Waals surface area (Å²) in [6, 6.07) is 5.03. The van der Waals surface area contributed by atoms with E-state index in [1.54, 1.807) is 22.8 Å². The van der Waals surface area contributed by atoms with Gasteiger partial charge in [-0.1, -0.05) is 0 Å². The Hall–Kier alpha value is -2.35. The number of aromatic carboxylic acids is 1. The molecule has 0 unspecified atom stereocenters. The van der Waals surface area contributed by atoms with E-state index in [1.807, 2.05) is 0 Å². The zero-order valence-corrected chi connectivity index (χ0v) is 12.5. The number of hydrogen-bond acceptors (Lipinski definition) is 4. The van der Waals surface area contributed by atoms with Crippen molar-refractivity contribution in [1.29, 1.82) is 0 Å². The molecule has 0 saturated heterocycles. The molecule has 7 nitrogen and oxygen atoms in total. The van der Waals surface area contributed by atoms with Crippen LogP contribution >= 0.6 is 15.9 Å². The Morgan fingerprint density at radius 2 is 2.19 bits per heavy atom. The molecule has 21 heavy (non-hydrogen) atoms. The zero-order chi connectivity index (χ0) is 15.4. The lowest BCUT2D eigenvalue weighted by Crippen LogP contribution is -2.12. The molecule has 0 aliphatic carbocycles. The third-order valence-corrected chi connectivity index (χ3v) is 3.45. The van der Waals surface area contributed by atoms with Gasteiger partial charge in [0.1, 0.15) is 0 Å². The Morgan fingerprint density at radius 3 is 2.76 bits per heavy atom. The molecule has 1 heterocycles. The maximum atomic E-state index is 11.0. The molecule has 0 atom stereocenters. The van der Waals surface area contributed by atoms with Gasteiger partial charge in [0, 0.05) is 35.0 Å². The maximum absolute atomic E-state index is 11.0. The first-order valence-corrected chi connectivity index (χ1v) is 6.85. The summed E-state index contributed by atoms with van der Waals surface area (Å²) >= 11 is 3.36. The molecule has 0 aliphatic heterocycles. The minimum Gasteiger partial charge on any atom is -0.476 e. The van der Waals surface area contributed by atoms with Gasteiger partial charge in [-0.05, 0) is 34.1 Å². The Kier molecular flexibility index (Phi) is 4.59. The van der Waals surface area contributed by atoms with Gasteiger partial charge in [0.15, 0.2) is 5.69 Å². The van der Waals surface area contributed by atoms with Crippen LogP contribution in [-0.4, -0.2) is 33.1 Å². The van der Waals surface area contributed by atoms with E-state index < -0.39 is 11.9 Å². The highest BCUT2D eigenvalue weighted by molar-refractivity contribution is 9.10. The number of carboxylic acid groups (broad SMARTS) is 1. The quantitative estimate of drug-likeness (QED) is 0.730. The first kappa shape index (κ1) is 15.0. The smallest absolute Gasteiger partial charge is 0.356 e. The standard InChI is InChI=1S/C13H13BrN4O3/c14-9-5-8(12(15)19)1-2-10(9)16-3-4-18-6-11(13(20)21)17-7-18/h1-2,5-7,16H,3-4H2,(H2,15,19)(H,20,21). The van der Waals surface area contributed by atoms with Crippen molar-refractivity contribution in [2.45, 2.75) is 6.54 Å². The number of benzene rings is 1. The maximum Gasteiger partial charge on any atom is 0.356 e. The first-order chi connectivity index (χ1) is 9.97. The molecule has 0 spiro atoms. The van der Waals surface area contributed by atoms with Crippen molar-refractivity contribution < 1.29 is 14.7 Å². The number of amides is 1. The molecule has 1 aromatic carbocycles. The Morgan fingerprint density at radius 1 is 1.43 bits per heavy atom. The summed E-state index contributed by atoms with van der Waals surface area (Å²) in [6.45, 7) is 1.13. The van der Waals surface area contributed by atoms with Crippen LogP contribution in [0.1, 0.15) is 20.8 Å². The number of carboxylic acids is 1. The monoisotopic (exact) mass is 352 g/mol. The Balaban J connectivity index is 1.93. The topological polar surface area (TPSA) is 110 Å². The fraction of sp³-hybridized carbons (Fsp3) is 0.154. The third-order valence-electron chi connectivity index (χ3n) is 2.79. The number of anilines is 1. The molecule has 1 aromatic heterocycles. The number of nitrogens with two attached hydrogens (primary N) is 1. The molecule has 2 aromatic rings. The molecule has 0 bridgehead atoms. The second-order valence-electron chi connectivity index (χ2n) is 4.29. The number of primary amides is 1. The van der Waals surface area contributed by atoms with Gasteiger partial charge in [-0.3, -0.25) is 4.79 Å². The van der Waals surface area contributed by atoms with Crippen LogP contribution in [0.4, 0.5) is 5.69 Å². The van der Waals surface area contributed by atoms with E-state index in [9.17, 15) is 9.59 Å². The highest BCUT2D eigenvalue weighted by atomic mass is 79.9. The fourth-order valence-corrected chi connectivity index (χ4v) is 2.24. The van der Waals surface area contributed by atoms with Gasteiger partial charge >= 0.3 is 5.97 Å². The molecule has 0 radical (unpaired) electrons. The van der Waals surface area contributed by atoms with Gasteiger partial charge in [-0.15, -0.1) is 0 Å². The van der Waals surface area contributed by atoms with Crippen LogP contribution < -0.4 is 11.1 Å². The van der Waals surface area contributed by atoms with Crippen LogP contribution in [0.2, 0.25) is 0 Å². The summed E-state index contributed by atoms with van der Waals surface area (Å²) in [5.74, 6) is -1.53. The lowest BCUT2D eigenvalue weighted by Gasteiger charge is -2.09. The predicted octanol–water partition coefficient (Wildman–Crippen LogP) is 1.55. The SMILES string of the molecule is NC(=O)c1ccc(NCCn2cnc(C(=O)O)c2)c(Br)c1. The number of rotatable bonds is 6. The van der Waals surface area contributed by atoms with Crippen LogP contribution in [0.5, 0.6) is 0 Å². The number of carbonyl (C=O) groups excluding carboxylic acids is 1. The number of halogens is 1. The molecule has 2 rings (SSSR count). The van der Waals surface area contributed by atoms with Gasteiger partial charge in [-0.2, -0.15) is 0 Å². The van der Waals surface area contributed by atoms with Crippen molar-refractivity contribution in [2.75, 3.05) is 11.9 Å². The summed E-state index contributed by atoms with van der Waals surface area (Å²) in [5, 5.41) is 11.9. The lowest BCUT2D eigenvalue weighted by atomic mass is 10.2. The fourth-order valence-electron chi connectivity index (χ4n) is 1.72. The first-order valence-electron chi connectivity index (χ1n) is 6.05. The summed E-state index contributed by atoms with van der Waals surface area (Å²) in [5.41, 5.74) is 6.46. The van der Waals surface area contributed by atoms with E-state index >= 15 is 0 Å². The minimum absolute atomic E-state index is 0.0157. The van der Waals surface area contributed by atoms with E-state index in [2.05, 4.69) is 26.2 Å². The van der Waals surface area contributed by atoms with Crippen molar-refractivity contribution >= 4 is 33.5 Å². The van der Waals surface area contributed by atoms with Crippen LogP contribution in [0.25, 0.3) is 0 Å². The third kappa shape index (κ3) is 3.82. The Bertz CT molecular complexity index is 684. The van der Waals surface area contributed by atoms with E-state index in [0.29, 0.717) is 18.7 Å². The predicted molar refractivity (Wildman–Crippen MR) is 80.3 cm³/mol. The highest BCUT2D eigenvalue weighted by Crippen LogP contribution is 2.23. The molecule has 8 heteroatoms. The summed E-state index contributed by atoms with van der Waals surface area (Å²) in [4.78, 5) is 25.5. The molecule has 110 valence electrons. The van der Waals surface area contributed by atoms with Gasteiger partial charge in [0.25, 0.3) is 0 Å². The van der Waals surface area contributed by atoms with Crippen LogP contribution in [0, 0.1) is 0 Å². The number of imidazole rings is 1. The largest absolute Gasteiger partial charge is 0.476 e. The van der Waals surface area contributed by atoms with E-state index in [1.165, 1.54) is 12.5 Å². The van der Waals surface area contributed by atoms with E-state index in [4.69, 9.17) is 10.8 Å². The minimum atomic E-state index is -1.05. The van der Waals surface area contributed by atoms with Crippen molar-refractivity contribution in [3.05, 3.63) is 46.5 Å². The number of nitrogens with one attached hydrogen (secondary N) is 1. The zero-order valence-electron chi connectivity index (χ0n) is 10.9. The van der Waals surface area contributed by atoms with E-state index in [-0.39, 0.29) is 5.69 Å². The second-order valence-corrected chi connectivity index (χ2v) is 5.14. The number of nitrogens with zero attached hydrogens (tertiary/aromatic N) is 2. The average Bonchev–Trinajstić information content (AvgIpc) is 2.89. The normalized spacial score (nSPS) is 10.3. The van der Waals surface area contributed by atoms with Gasteiger partial charge in [-0.25, -0.2) is 9.78 Å². The van der Waals surface area contributed by atoms with Crippen LogP contribution in [0.3, 0.4) is 0 Å². The molecule has 4 N–H and O–H groups in total. The number of hydrogen-bond donors (Lipinski definition) is 3. The highest BCUT2D eigenvalue weighted by Gasteiger charge is 2.07. The molecular formula is C13H13BrN4O3. The molecule has 1 amide bonds. The number of aromatic nitrogens is 2. The Labute approximate surface area is 128 Å². The average molecular weight is 353 g/mol. The van der Waals surface area contributed by atoms with Crippen molar-refractivity contribution in [1.82, 2.24) is 9.55 Å². The molecular weight excluding hydrogens is 340 g/mol. The van der Waals surface area contributed by atoms with Gasteiger partial charge in [0.05, 0.1) is 6.33 Å². The number of carbonyl (C=O) groups is 2. The van der Waals surface area contributed by atoms with Crippen molar-refractivity contribution in [3.63, 3.8) is 0 Å². The van der Waals surface area contributed by atoms with Crippen LogP contribution in [0.15, 0.2) is 35.2 Å². The van der Waals surface area contributed by atoms with Crippen molar-refractivity contribution in [2.24, 2.45) is 5.73 Å². The lowest BCUT2D eigenvalue weighted by molar-refractivity contribution is 0.0690. The summed E-state index contributed by atoms with van der Waals surface area (Å²) in [7, 11) is 0. The summed E-state index contributed by atoms with van der Waals surface area (Å²) < 4.78 is 2.41. The molecule has 0 fully saturated rings.